The van der Waals surface area contributed by atoms with Crippen molar-refractivity contribution in [3.8, 4) is 0 Å². The summed E-state index contributed by atoms with van der Waals surface area (Å²) < 4.78 is 55.9. The van der Waals surface area contributed by atoms with E-state index in [1.54, 1.807) is 0 Å². The van der Waals surface area contributed by atoms with Gasteiger partial charge in [-0.1, -0.05) is 0 Å². The molecular weight excluding hydrogens is 169 g/mol. The molecule has 0 saturated heterocycles. The van der Waals surface area contributed by atoms with Gasteiger partial charge in [0, 0.05) is 27.7 Å². The van der Waals surface area contributed by atoms with Crippen LogP contribution in [-0.4, -0.2) is 24.8 Å². The van der Waals surface area contributed by atoms with Gasteiger partial charge in [0.15, 0.2) is 0 Å². The Labute approximate surface area is 85.4 Å². The van der Waals surface area contributed by atoms with Crippen molar-refractivity contribution in [3.63, 3.8) is 0 Å². The Balaban J connectivity index is 3.28. The third-order valence-electron chi connectivity index (χ3n) is 1.49. The molecule has 13 heavy (non-hydrogen) atoms. The molecule has 1 aromatic carbocycles. The highest BCUT2D eigenvalue weighted by Gasteiger charge is 2.08. The van der Waals surface area contributed by atoms with Gasteiger partial charge in [-0.3, -0.25) is 4.79 Å². The van der Waals surface area contributed by atoms with E-state index >= 15 is 0 Å². The molecule has 0 aliphatic carbocycles. The smallest absolute Gasteiger partial charge is 0.253 e. The first kappa shape index (κ1) is 4.22. The Hall–Kier alpha value is -1.38. The third kappa shape index (κ3) is 2.28. The van der Waals surface area contributed by atoms with Crippen molar-refractivity contribution in [2.45, 2.75) is 6.92 Å². The van der Waals surface area contributed by atoms with Crippen LogP contribution in [0.15, 0.2) is 18.2 Å². The summed E-state index contributed by atoms with van der Waals surface area (Å²) in [4.78, 5) is 11.8. The van der Waals surface area contributed by atoms with Crippen LogP contribution >= 0.6 is 0 Å². The van der Waals surface area contributed by atoms with Crippen LogP contribution in [0.3, 0.4) is 0 Å². The molecule has 0 fully saturated rings. The van der Waals surface area contributed by atoms with Crippen molar-refractivity contribution in [1.29, 1.82) is 0 Å². The van der Waals surface area contributed by atoms with Crippen LogP contribution in [0.4, 0.5) is 4.39 Å². The van der Waals surface area contributed by atoms with Gasteiger partial charge in [-0.2, -0.15) is 0 Å². The van der Waals surface area contributed by atoms with Gasteiger partial charge in [-0.15, -0.1) is 0 Å². The molecule has 0 radical (unpaired) electrons. The number of halogens is 1. The standard InChI is InChI=1S/C10H12FNO/c1-7-4-8(6-9(11)5-7)10(13)12(2)3/h4-6H,1-3H3/i2D3,3D3. The molecule has 0 aliphatic rings. The van der Waals surface area contributed by atoms with Crippen LogP contribution in [0, 0.1) is 12.7 Å². The molecule has 0 aliphatic heterocycles. The van der Waals surface area contributed by atoms with Crippen LogP contribution in [-0.2, 0) is 0 Å². The van der Waals surface area contributed by atoms with Gasteiger partial charge in [0.25, 0.3) is 5.91 Å². The molecule has 2 nitrogen and oxygen atoms in total. The number of carbonyl (C=O) groups is 1. The van der Waals surface area contributed by atoms with Crippen molar-refractivity contribution < 1.29 is 17.4 Å². The maximum atomic E-state index is 13.2. The molecule has 0 atom stereocenters. The van der Waals surface area contributed by atoms with E-state index in [0.29, 0.717) is 5.56 Å². The van der Waals surface area contributed by atoms with E-state index in [4.69, 9.17) is 8.22 Å². The van der Waals surface area contributed by atoms with Crippen LogP contribution < -0.4 is 0 Å². The Morgan fingerprint density at radius 2 is 2.15 bits per heavy atom. The molecule has 70 valence electrons. The van der Waals surface area contributed by atoms with Crippen LogP contribution in [0.2, 0.25) is 0 Å². The Bertz CT molecular complexity index is 462. The van der Waals surface area contributed by atoms with Gasteiger partial charge >= 0.3 is 0 Å². The molecule has 1 amide bonds. The predicted molar refractivity (Wildman–Crippen MR) is 49.2 cm³/mol. The molecule has 0 spiro atoms. The topological polar surface area (TPSA) is 20.3 Å². The Kier molecular flexibility index (Phi) is 1.16. The molecule has 1 aromatic rings. The van der Waals surface area contributed by atoms with Gasteiger partial charge < -0.3 is 4.90 Å². The second-order valence-electron chi connectivity index (χ2n) is 2.66. The minimum absolute atomic E-state index is 0.200. The molecule has 0 N–H and O–H groups in total. The van der Waals surface area contributed by atoms with Crippen molar-refractivity contribution >= 4 is 5.91 Å². The zero-order chi connectivity index (χ0) is 15.0. The number of hydrogen-bond donors (Lipinski definition) is 0. The summed E-state index contributed by atoms with van der Waals surface area (Å²) in [6.45, 7) is -4.76. The quantitative estimate of drug-likeness (QED) is 0.657. The average Bonchev–Trinajstić information content (AvgIpc) is 2.10. The van der Waals surface area contributed by atoms with Crippen LogP contribution in [0.5, 0.6) is 0 Å². The fourth-order valence-electron chi connectivity index (χ4n) is 0.989. The lowest BCUT2D eigenvalue weighted by Gasteiger charge is -2.10. The minimum atomic E-state index is -3.14. The molecule has 1 rings (SSSR count). The largest absolute Gasteiger partial charge is 0.345 e. The summed E-state index contributed by atoms with van der Waals surface area (Å²) in [6, 6.07) is 3.18. The van der Waals surface area contributed by atoms with E-state index < -0.39 is 25.7 Å². The highest BCUT2D eigenvalue weighted by atomic mass is 19.1. The number of hydrogen-bond acceptors (Lipinski definition) is 1. The fraction of sp³-hybridized carbons (Fsp3) is 0.300. The van der Waals surface area contributed by atoms with Crippen molar-refractivity contribution in [2.75, 3.05) is 14.0 Å². The monoisotopic (exact) mass is 187 g/mol. The summed E-state index contributed by atoms with van der Waals surface area (Å²) >= 11 is 0. The first-order valence-electron chi connectivity index (χ1n) is 6.55. The van der Waals surface area contributed by atoms with E-state index in [9.17, 15) is 9.18 Å². The number of carbonyl (C=O) groups excluding carboxylic acids is 1. The number of nitrogens with zero attached hydrogens (tertiary/aromatic N) is 1. The van der Waals surface area contributed by atoms with Crippen LogP contribution in [0.25, 0.3) is 0 Å². The van der Waals surface area contributed by atoms with Gasteiger partial charge in [0.05, 0.1) is 0 Å². The number of aryl methyl sites for hydroxylation is 1. The molecule has 0 unspecified atom stereocenters. The van der Waals surface area contributed by atoms with Crippen molar-refractivity contribution in [3.05, 3.63) is 35.1 Å². The molecule has 0 saturated carbocycles. The summed E-state index contributed by atoms with van der Waals surface area (Å²) in [6.07, 6.45) is 0. The van der Waals surface area contributed by atoms with E-state index in [0.717, 1.165) is 12.1 Å². The lowest BCUT2D eigenvalue weighted by Crippen LogP contribution is -2.21. The van der Waals surface area contributed by atoms with Crippen LogP contribution in [0.1, 0.15) is 24.1 Å². The zero-order valence-corrected chi connectivity index (χ0v) is 6.97. The molecular formula is C10H12FNO. The fourth-order valence-corrected chi connectivity index (χ4v) is 0.989. The molecule has 0 aromatic heterocycles. The van der Waals surface area contributed by atoms with Gasteiger partial charge in [-0.05, 0) is 30.7 Å². The maximum absolute atomic E-state index is 13.2. The first-order valence-corrected chi connectivity index (χ1v) is 3.55. The normalized spacial score (nSPS) is 18.6. The second-order valence-corrected chi connectivity index (χ2v) is 2.66. The summed E-state index contributed by atoms with van der Waals surface area (Å²) in [5, 5.41) is 0. The minimum Gasteiger partial charge on any atom is -0.345 e. The van der Waals surface area contributed by atoms with Gasteiger partial charge in [0.1, 0.15) is 5.82 Å². The highest BCUT2D eigenvalue weighted by molar-refractivity contribution is 5.94. The Morgan fingerprint density at radius 1 is 1.46 bits per heavy atom. The van der Waals surface area contributed by atoms with E-state index in [2.05, 4.69) is 0 Å². The van der Waals surface area contributed by atoms with Gasteiger partial charge in [0.2, 0.25) is 0 Å². The zero-order valence-electron chi connectivity index (χ0n) is 13.0. The number of benzene rings is 1. The average molecular weight is 187 g/mol. The second kappa shape index (κ2) is 3.56. The highest BCUT2D eigenvalue weighted by Crippen LogP contribution is 2.09. The van der Waals surface area contributed by atoms with Crippen molar-refractivity contribution in [2.24, 2.45) is 0 Å². The van der Waals surface area contributed by atoms with Crippen molar-refractivity contribution in [1.82, 2.24) is 4.90 Å². The van der Waals surface area contributed by atoms with E-state index in [1.807, 2.05) is 0 Å². The molecule has 0 bridgehead atoms. The first-order chi connectivity index (χ1) is 8.43. The molecule has 0 heterocycles. The number of rotatable bonds is 1. The number of amides is 1. The SMILES string of the molecule is [2H]C([2H])([2H])N(C(=O)c1cc(C)cc(F)c1)C([2H])([2H])[2H]. The van der Waals surface area contributed by atoms with E-state index in [1.165, 1.54) is 13.0 Å². The van der Waals surface area contributed by atoms with E-state index in [-0.39, 0.29) is 10.5 Å². The summed E-state index contributed by atoms with van der Waals surface area (Å²) in [5.41, 5.74) is 0.0733. The summed E-state index contributed by atoms with van der Waals surface area (Å²) in [7, 11) is 0. The Morgan fingerprint density at radius 3 is 2.69 bits per heavy atom. The lowest BCUT2D eigenvalue weighted by atomic mass is 10.1. The third-order valence-corrected chi connectivity index (χ3v) is 1.49. The maximum Gasteiger partial charge on any atom is 0.253 e. The lowest BCUT2D eigenvalue weighted by molar-refractivity contribution is 0.0827. The van der Waals surface area contributed by atoms with Gasteiger partial charge in [-0.25, -0.2) is 4.39 Å². The predicted octanol–water partition coefficient (Wildman–Crippen LogP) is 1.84. The summed E-state index contributed by atoms with van der Waals surface area (Å²) in [5.74, 6) is -2.00. The molecule has 3 heteroatoms.